The molecule has 0 bridgehead atoms. The number of nitrogens with zero attached hydrogens (tertiary/aromatic N) is 1. The van der Waals surface area contributed by atoms with E-state index in [1.54, 1.807) is 12.1 Å². The van der Waals surface area contributed by atoms with Crippen molar-refractivity contribution in [2.24, 2.45) is 0 Å². The van der Waals surface area contributed by atoms with Crippen LogP contribution in [0.5, 0.6) is 5.75 Å². The van der Waals surface area contributed by atoms with Gasteiger partial charge in [-0.3, -0.25) is 4.79 Å². The number of carbonyl (C=O) groups excluding carboxylic acids is 1. The monoisotopic (exact) mass is 431 g/mol. The fourth-order valence-corrected chi connectivity index (χ4v) is 4.21. The van der Waals surface area contributed by atoms with E-state index in [1.807, 2.05) is 36.6 Å². The lowest BCUT2D eigenvalue weighted by atomic mass is 10.2. The Morgan fingerprint density at radius 2 is 1.93 bits per heavy atom. The number of ether oxygens (including phenoxy) is 1. The summed E-state index contributed by atoms with van der Waals surface area (Å²) in [7, 11) is -2.23. The molecule has 1 heterocycles. The predicted octanol–water partition coefficient (Wildman–Crippen LogP) is 3.30. The molecule has 2 N–H and O–H groups in total. The summed E-state index contributed by atoms with van der Waals surface area (Å²) in [6.45, 7) is 2.54. The van der Waals surface area contributed by atoms with Crippen molar-refractivity contribution < 1.29 is 17.9 Å². The molecule has 0 saturated carbocycles. The molecule has 0 aliphatic carbocycles. The lowest BCUT2D eigenvalue weighted by molar-refractivity contribution is -0.115. The number of amides is 1. The van der Waals surface area contributed by atoms with Gasteiger partial charge in [0.25, 0.3) is 0 Å². The van der Waals surface area contributed by atoms with Crippen molar-refractivity contribution in [3.05, 3.63) is 59.6 Å². The molecule has 3 aromatic rings. The smallest absolute Gasteiger partial charge is 0.240 e. The molecule has 0 fully saturated rings. The third kappa shape index (κ3) is 5.41. The highest BCUT2D eigenvalue weighted by Crippen LogP contribution is 2.26. The maximum Gasteiger partial charge on any atom is 0.240 e. The van der Waals surface area contributed by atoms with Gasteiger partial charge < -0.3 is 10.1 Å². The average Bonchev–Trinajstić information content (AvgIpc) is 3.17. The van der Waals surface area contributed by atoms with Crippen molar-refractivity contribution >= 4 is 33.0 Å². The number of hydrogen-bond donors (Lipinski definition) is 2. The first-order valence-corrected chi connectivity index (χ1v) is 11.3. The van der Waals surface area contributed by atoms with Gasteiger partial charge in [0.15, 0.2) is 0 Å². The summed E-state index contributed by atoms with van der Waals surface area (Å²) in [4.78, 5) is 17.0. The van der Waals surface area contributed by atoms with E-state index in [0.717, 1.165) is 16.3 Å². The van der Waals surface area contributed by atoms with Crippen molar-refractivity contribution in [1.82, 2.24) is 9.71 Å². The van der Waals surface area contributed by atoms with Crippen LogP contribution in [-0.2, 0) is 21.2 Å². The molecular weight excluding hydrogens is 410 g/mol. The molecule has 1 amide bonds. The Morgan fingerprint density at radius 1 is 1.17 bits per heavy atom. The number of aromatic nitrogens is 1. The Morgan fingerprint density at radius 3 is 2.62 bits per heavy atom. The van der Waals surface area contributed by atoms with E-state index in [0.29, 0.717) is 18.0 Å². The van der Waals surface area contributed by atoms with Gasteiger partial charge in [0.1, 0.15) is 10.8 Å². The minimum atomic E-state index is -3.57. The van der Waals surface area contributed by atoms with Crippen LogP contribution >= 0.6 is 11.3 Å². The molecule has 7 nitrogen and oxygen atoms in total. The summed E-state index contributed by atoms with van der Waals surface area (Å²) in [5.74, 6) is 0.530. The molecule has 29 heavy (non-hydrogen) atoms. The number of hydrogen-bond acceptors (Lipinski definition) is 6. The van der Waals surface area contributed by atoms with E-state index in [2.05, 4.69) is 15.0 Å². The van der Waals surface area contributed by atoms with Crippen molar-refractivity contribution in [3.63, 3.8) is 0 Å². The lowest BCUT2D eigenvalue weighted by Gasteiger charge is -2.07. The maximum absolute atomic E-state index is 12.3. The minimum Gasteiger partial charge on any atom is -0.494 e. The standard InChI is InChI=1S/C20H21N3O4S2/c1-3-27-17-9-7-14(8-10-17)20-23-16(13-28-20)12-19(24)22-15-5-4-6-18(11-15)29(25,26)21-2/h4-11,13,21H,3,12H2,1-2H3,(H,22,24). The summed E-state index contributed by atoms with van der Waals surface area (Å²) in [6, 6.07) is 13.7. The third-order valence-corrected chi connectivity index (χ3v) is 6.35. The van der Waals surface area contributed by atoms with Crippen LogP contribution < -0.4 is 14.8 Å². The number of carbonyl (C=O) groups is 1. The Bertz CT molecular complexity index is 1090. The number of benzene rings is 2. The quantitative estimate of drug-likeness (QED) is 0.570. The summed E-state index contributed by atoms with van der Waals surface area (Å²) < 4.78 is 31.5. The number of thiazole rings is 1. The first-order chi connectivity index (χ1) is 13.9. The van der Waals surface area contributed by atoms with Gasteiger partial charge in [-0.15, -0.1) is 11.3 Å². The molecule has 2 aromatic carbocycles. The number of sulfonamides is 1. The SMILES string of the molecule is CCOc1ccc(-c2nc(CC(=O)Nc3cccc(S(=O)(=O)NC)c3)cs2)cc1. The predicted molar refractivity (Wildman–Crippen MR) is 114 cm³/mol. The van der Waals surface area contributed by atoms with Crippen LogP contribution in [0.1, 0.15) is 12.6 Å². The van der Waals surface area contributed by atoms with Gasteiger partial charge in [0.2, 0.25) is 15.9 Å². The number of nitrogens with one attached hydrogen (secondary N) is 2. The largest absolute Gasteiger partial charge is 0.494 e. The maximum atomic E-state index is 12.3. The number of rotatable bonds is 8. The highest BCUT2D eigenvalue weighted by atomic mass is 32.2. The van der Waals surface area contributed by atoms with Crippen molar-refractivity contribution in [1.29, 1.82) is 0 Å². The highest BCUT2D eigenvalue weighted by Gasteiger charge is 2.13. The van der Waals surface area contributed by atoms with Crippen LogP contribution in [0.15, 0.2) is 58.8 Å². The van der Waals surface area contributed by atoms with Crippen molar-refractivity contribution in [2.75, 3.05) is 19.0 Å². The van der Waals surface area contributed by atoms with Gasteiger partial charge in [0.05, 0.1) is 23.6 Å². The van der Waals surface area contributed by atoms with Crippen LogP contribution in [0, 0.1) is 0 Å². The molecule has 1 aromatic heterocycles. The average molecular weight is 432 g/mol. The van der Waals surface area contributed by atoms with E-state index in [9.17, 15) is 13.2 Å². The van der Waals surface area contributed by atoms with Crippen LogP contribution in [0.4, 0.5) is 5.69 Å². The summed E-state index contributed by atoms with van der Waals surface area (Å²) >= 11 is 1.46. The molecule has 0 atom stereocenters. The molecule has 0 unspecified atom stereocenters. The van der Waals surface area contributed by atoms with Gasteiger partial charge >= 0.3 is 0 Å². The van der Waals surface area contributed by atoms with E-state index < -0.39 is 10.0 Å². The Balaban J connectivity index is 1.65. The fraction of sp³-hybridized carbons (Fsp3) is 0.200. The van der Waals surface area contributed by atoms with E-state index in [1.165, 1.54) is 30.5 Å². The van der Waals surface area contributed by atoms with E-state index in [4.69, 9.17) is 4.74 Å². The van der Waals surface area contributed by atoms with Crippen molar-refractivity contribution in [3.8, 4) is 16.3 Å². The lowest BCUT2D eigenvalue weighted by Crippen LogP contribution is -2.19. The van der Waals surface area contributed by atoms with Crippen molar-refractivity contribution in [2.45, 2.75) is 18.2 Å². The zero-order valence-electron chi connectivity index (χ0n) is 16.0. The van der Waals surface area contributed by atoms with Crippen LogP contribution in [0.25, 0.3) is 10.6 Å². The van der Waals surface area contributed by atoms with Crippen LogP contribution in [0.2, 0.25) is 0 Å². The van der Waals surface area contributed by atoms with Crippen LogP contribution in [0.3, 0.4) is 0 Å². The molecule has 152 valence electrons. The second kappa shape index (κ2) is 9.17. The fourth-order valence-electron chi connectivity index (χ4n) is 2.61. The van der Waals surface area contributed by atoms with E-state index in [-0.39, 0.29) is 17.2 Å². The molecule has 0 spiro atoms. The molecule has 9 heteroatoms. The Kier molecular flexibility index (Phi) is 6.63. The second-order valence-corrected chi connectivity index (χ2v) is 8.81. The summed E-state index contributed by atoms with van der Waals surface area (Å²) in [5.41, 5.74) is 2.01. The van der Waals surface area contributed by atoms with Gasteiger partial charge in [-0.1, -0.05) is 6.07 Å². The first kappa shape index (κ1) is 21.0. The zero-order valence-corrected chi connectivity index (χ0v) is 17.6. The Labute approximate surface area is 173 Å². The minimum absolute atomic E-state index is 0.0873. The Hall–Kier alpha value is -2.75. The summed E-state index contributed by atoms with van der Waals surface area (Å²) in [6.07, 6.45) is 0.0938. The van der Waals surface area contributed by atoms with Gasteiger partial charge in [0, 0.05) is 16.6 Å². The molecule has 0 saturated heterocycles. The number of anilines is 1. The van der Waals surface area contributed by atoms with Gasteiger partial charge in [-0.2, -0.15) is 0 Å². The second-order valence-electron chi connectivity index (χ2n) is 6.06. The molecule has 0 radical (unpaired) electrons. The van der Waals surface area contributed by atoms with Gasteiger partial charge in [-0.05, 0) is 56.4 Å². The molecule has 0 aliphatic heterocycles. The zero-order chi connectivity index (χ0) is 20.9. The van der Waals surface area contributed by atoms with E-state index >= 15 is 0 Å². The third-order valence-electron chi connectivity index (χ3n) is 4.00. The normalized spacial score (nSPS) is 11.2. The van der Waals surface area contributed by atoms with Gasteiger partial charge in [-0.25, -0.2) is 18.1 Å². The molecular formula is C20H21N3O4S2. The summed E-state index contributed by atoms with van der Waals surface area (Å²) in [5, 5.41) is 5.37. The first-order valence-electron chi connectivity index (χ1n) is 8.92. The topological polar surface area (TPSA) is 97.4 Å². The molecule has 0 aliphatic rings. The highest BCUT2D eigenvalue weighted by molar-refractivity contribution is 7.89. The van der Waals surface area contributed by atoms with Crippen LogP contribution in [-0.4, -0.2) is 33.0 Å². The molecule has 3 rings (SSSR count).